The van der Waals surface area contributed by atoms with Gasteiger partial charge in [0.05, 0.1) is 12.8 Å². The lowest BCUT2D eigenvalue weighted by Crippen LogP contribution is -2.30. The third kappa shape index (κ3) is 2.41. The van der Waals surface area contributed by atoms with E-state index in [4.69, 9.17) is 10.2 Å². The van der Waals surface area contributed by atoms with Gasteiger partial charge in [-0.15, -0.1) is 0 Å². The van der Waals surface area contributed by atoms with Crippen molar-refractivity contribution >= 4 is 0 Å². The molecular weight excluding hydrogens is 188 g/mol. The van der Waals surface area contributed by atoms with Crippen LogP contribution >= 0.6 is 0 Å². The third-order valence-electron chi connectivity index (χ3n) is 3.45. The minimum atomic E-state index is 0.567. The van der Waals surface area contributed by atoms with Crippen molar-refractivity contribution in [1.82, 2.24) is 4.90 Å². The van der Waals surface area contributed by atoms with Gasteiger partial charge in [0.2, 0.25) is 0 Å². The maximum atomic E-state index is 5.64. The van der Waals surface area contributed by atoms with Crippen molar-refractivity contribution in [2.45, 2.75) is 38.9 Å². The molecule has 1 aromatic rings. The minimum Gasteiger partial charge on any atom is -0.468 e. The molecule has 0 radical (unpaired) electrons. The molecule has 0 spiro atoms. The Hall–Kier alpha value is -0.800. The number of rotatable bonds is 5. The van der Waals surface area contributed by atoms with Gasteiger partial charge in [0.25, 0.3) is 0 Å². The topological polar surface area (TPSA) is 42.4 Å². The molecule has 2 N–H and O–H groups in total. The zero-order chi connectivity index (χ0) is 10.8. The number of nitrogens with zero attached hydrogens (tertiary/aromatic N) is 1. The zero-order valence-corrected chi connectivity index (χ0v) is 9.57. The van der Waals surface area contributed by atoms with Crippen molar-refractivity contribution in [2.75, 3.05) is 7.05 Å². The summed E-state index contributed by atoms with van der Waals surface area (Å²) in [5.74, 6) is 1.92. The van der Waals surface area contributed by atoms with E-state index in [2.05, 4.69) is 18.9 Å². The molecule has 84 valence electrons. The van der Waals surface area contributed by atoms with Gasteiger partial charge in [-0.05, 0) is 38.8 Å². The maximum Gasteiger partial charge on any atom is 0.122 e. The van der Waals surface area contributed by atoms with E-state index < -0.39 is 0 Å². The summed E-state index contributed by atoms with van der Waals surface area (Å²) in [4.78, 5) is 2.36. The van der Waals surface area contributed by atoms with Crippen LogP contribution in [-0.2, 0) is 13.1 Å². The van der Waals surface area contributed by atoms with Crippen molar-refractivity contribution in [2.24, 2.45) is 11.7 Å². The average molecular weight is 208 g/mol. The fourth-order valence-corrected chi connectivity index (χ4v) is 2.00. The lowest BCUT2D eigenvalue weighted by molar-refractivity contribution is 0.209. The van der Waals surface area contributed by atoms with Gasteiger partial charge in [-0.25, -0.2) is 0 Å². The molecule has 1 aromatic heterocycles. The summed E-state index contributed by atoms with van der Waals surface area (Å²) in [6, 6.07) is 2.62. The van der Waals surface area contributed by atoms with Crippen LogP contribution in [0.25, 0.3) is 0 Å². The zero-order valence-electron chi connectivity index (χ0n) is 9.57. The van der Waals surface area contributed by atoms with Crippen LogP contribution in [0.1, 0.15) is 31.1 Å². The molecule has 15 heavy (non-hydrogen) atoms. The van der Waals surface area contributed by atoms with Crippen LogP contribution in [0, 0.1) is 5.92 Å². The van der Waals surface area contributed by atoms with E-state index >= 15 is 0 Å². The van der Waals surface area contributed by atoms with E-state index in [-0.39, 0.29) is 0 Å². The average Bonchev–Trinajstić information content (AvgIpc) is 2.99. The Labute approximate surface area is 91.2 Å². The standard InChI is InChI=1S/C12H20N2O/c1-9(10-3-4-10)14(2)8-12-11(7-13)5-6-15-12/h5-6,9-10H,3-4,7-8,13H2,1-2H3. The van der Waals surface area contributed by atoms with Crippen molar-refractivity contribution in [3.63, 3.8) is 0 Å². The number of hydrogen-bond donors (Lipinski definition) is 1. The fourth-order valence-electron chi connectivity index (χ4n) is 2.00. The van der Waals surface area contributed by atoms with Crippen LogP contribution < -0.4 is 5.73 Å². The molecule has 0 saturated heterocycles. The SMILES string of the molecule is CC(C1CC1)N(C)Cc1occc1CN. The third-order valence-corrected chi connectivity index (χ3v) is 3.45. The van der Waals surface area contributed by atoms with E-state index in [0.717, 1.165) is 23.8 Å². The van der Waals surface area contributed by atoms with Crippen molar-refractivity contribution in [3.05, 3.63) is 23.7 Å². The smallest absolute Gasteiger partial charge is 0.122 e. The van der Waals surface area contributed by atoms with E-state index in [1.54, 1.807) is 6.26 Å². The van der Waals surface area contributed by atoms with Gasteiger partial charge in [0.15, 0.2) is 0 Å². The van der Waals surface area contributed by atoms with E-state index in [1.165, 1.54) is 12.8 Å². The van der Waals surface area contributed by atoms with Gasteiger partial charge < -0.3 is 10.2 Å². The molecule has 1 unspecified atom stereocenters. The summed E-state index contributed by atoms with van der Waals surface area (Å²) in [5.41, 5.74) is 6.77. The van der Waals surface area contributed by atoms with Gasteiger partial charge in [-0.2, -0.15) is 0 Å². The molecule has 0 bridgehead atoms. The van der Waals surface area contributed by atoms with Crippen LogP contribution in [0.4, 0.5) is 0 Å². The van der Waals surface area contributed by atoms with Crippen LogP contribution in [0.3, 0.4) is 0 Å². The Morgan fingerprint density at radius 3 is 2.93 bits per heavy atom. The predicted octanol–water partition coefficient (Wildman–Crippen LogP) is 1.97. The number of hydrogen-bond acceptors (Lipinski definition) is 3. The first kappa shape index (κ1) is 10.7. The van der Waals surface area contributed by atoms with Crippen molar-refractivity contribution in [1.29, 1.82) is 0 Å². The molecule has 0 aromatic carbocycles. The fraction of sp³-hybridized carbons (Fsp3) is 0.667. The van der Waals surface area contributed by atoms with Gasteiger partial charge >= 0.3 is 0 Å². The lowest BCUT2D eigenvalue weighted by atomic mass is 10.1. The highest BCUT2D eigenvalue weighted by atomic mass is 16.3. The Morgan fingerprint density at radius 2 is 2.33 bits per heavy atom. The maximum absolute atomic E-state index is 5.64. The normalized spacial score (nSPS) is 18.4. The van der Waals surface area contributed by atoms with Gasteiger partial charge in [-0.1, -0.05) is 0 Å². The largest absolute Gasteiger partial charge is 0.468 e. The number of nitrogens with two attached hydrogens (primary N) is 1. The Kier molecular flexibility index (Phi) is 3.12. The molecule has 1 atom stereocenters. The Balaban J connectivity index is 1.95. The second kappa shape index (κ2) is 4.37. The van der Waals surface area contributed by atoms with E-state index in [0.29, 0.717) is 12.6 Å². The van der Waals surface area contributed by atoms with Crippen LogP contribution in [-0.4, -0.2) is 18.0 Å². The summed E-state index contributed by atoms with van der Waals surface area (Å²) >= 11 is 0. The molecule has 3 nitrogen and oxygen atoms in total. The highest BCUT2D eigenvalue weighted by Crippen LogP contribution is 2.35. The van der Waals surface area contributed by atoms with Crippen molar-refractivity contribution < 1.29 is 4.42 Å². The van der Waals surface area contributed by atoms with Gasteiger partial charge in [-0.3, -0.25) is 4.90 Å². The summed E-state index contributed by atoms with van der Waals surface area (Å²) in [7, 11) is 2.16. The molecule has 1 aliphatic rings. The quantitative estimate of drug-likeness (QED) is 0.804. The Bertz CT molecular complexity index is 317. The molecule has 1 fully saturated rings. The first-order chi connectivity index (χ1) is 7.22. The highest BCUT2D eigenvalue weighted by Gasteiger charge is 2.30. The first-order valence-corrected chi connectivity index (χ1v) is 5.68. The Morgan fingerprint density at radius 1 is 1.60 bits per heavy atom. The monoisotopic (exact) mass is 208 g/mol. The second-order valence-electron chi connectivity index (χ2n) is 4.57. The van der Waals surface area contributed by atoms with Crippen LogP contribution in [0.15, 0.2) is 16.7 Å². The molecule has 0 aliphatic heterocycles. The summed E-state index contributed by atoms with van der Waals surface area (Å²) in [6.45, 7) is 3.73. The predicted molar refractivity (Wildman–Crippen MR) is 60.3 cm³/mol. The van der Waals surface area contributed by atoms with Gasteiger partial charge in [0.1, 0.15) is 5.76 Å². The summed E-state index contributed by atoms with van der Waals surface area (Å²) < 4.78 is 5.45. The molecule has 1 aliphatic carbocycles. The molecule has 1 heterocycles. The van der Waals surface area contributed by atoms with Crippen LogP contribution in [0.5, 0.6) is 0 Å². The van der Waals surface area contributed by atoms with E-state index in [9.17, 15) is 0 Å². The molecule has 0 amide bonds. The van der Waals surface area contributed by atoms with Crippen molar-refractivity contribution in [3.8, 4) is 0 Å². The van der Waals surface area contributed by atoms with Crippen LogP contribution in [0.2, 0.25) is 0 Å². The van der Waals surface area contributed by atoms with Gasteiger partial charge in [0, 0.05) is 18.2 Å². The number of furan rings is 1. The minimum absolute atomic E-state index is 0.567. The first-order valence-electron chi connectivity index (χ1n) is 5.68. The van der Waals surface area contributed by atoms with E-state index in [1.807, 2.05) is 6.07 Å². The summed E-state index contributed by atoms with van der Waals surface area (Å²) in [6.07, 6.45) is 4.49. The second-order valence-corrected chi connectivity index (χ2v) is 4.57. The molecule has 1 saturated carbocycles. The molecule has 3 heteroatoms. The summed E-state index contributed by atoms with van der Waals surface area (Å²) in [5, 5.41) is 0. The lowest BCUT2D eigenvalue weighted by Gasteiger charge is -2.23. The highest BCUT2D eigenvalue weighted by molar-refractivity contribution is 5.16. The molecule has 2 rings (SSSR count). The molecular formula is C12H20N2O.